The first kappa shape index (κ1) is 16.0. The number of anilines is 1. The van der Waals surface area contributed by atoms with Gasteiger partial charge >= 0.3 is 0 Å². The van der Waals surface area contributed by atoms with Gasteiger partial charge in [-0.05, 0) is 12.1 Å². The lowest BCUT2D eigenvalue weighted by Crippen LogP contribution is -2.21. The van der Waals surface area contributed by atoms with Gasteiger partial charge in [0.2, 0.25) is 0 Å². The summed E-state index contributed by atoms with van der Waals surface area (Å²) in [5, 5.41) is 22.5. The van der Waals surface area contributed by atoms with Crippen molar-refractivity contribution in [1.29, 1.82) is 0 Å². The molecule has 1 heterocycles. The summed E-state index contributed by atoms with van der Waals surface area (Å²) in [4.78, 5) is 25.3. The van der Waals surface area contributed by atoms with Gasteiger partial charge in [-0.25, -0.2) is 4.98 Å². The molecule has 9 heteroatoms. The standard InChI is InChI=1S/C14H13N3O6/c1-22-11-4-2-3-5-12(11)23-8-13(19)16-14-10(18)6-9(7-15-14)17(20)21/h2-7,18H,8H2,1H3,(H,15,16,19). The Morgan fingerprint density at radius 2 is 2.09 bits per heavy atom. The maximum atomic E-state index is 11.8. The second-order valence-corrected chi connectivity index (χ2v) is 4.31. The predicted molar refractivity (Wildman–Crippen MR) is 79.7 cm³/mol. The Labute approximate surface area is 130 Å². The molecule has 0 fully saturated rings. The number of hydrogen-bond acceptors (Lipinski definition) is 7. The Kier molecular flexibility index (Phi) is 4.92. The molecule has 0 aliphatic rings. The van der Waals surface area contributed by atoms with Crippen LogP contribution in [0.1, 0.15) is 0 Å². The fourth-order valence-electron chi connectivity index (χ4n) is 1.69. The second kappa shape index (κ2) is 7.07. The first-order valence-electron chi connectivity index (χ1n) is 6.40. The molecular formula is C14H13N3O6. The van der Waals surface area contributed by atoms with E-state index in [4.69, 9.17) is 9.47 Å². The van der Waals surface area contributed by atoms with Crippen LogP contribution in [0, 0.1) is 10.1 Å². The lowest BCUT2D eigenvalue weighted by atomic mass is 10.3. The van der Waals surface area contributed by atoms with Gasteiger partial charge in [-0.15, -0.1) is 0 Å². The van der Waals surface area contributed by atoms with E-state index in [1.807, 2.05) is 0 Å². The molecule has 0 radical (unpaired) electrons. The number of carbonyl (C=O) groups is 1. The minimum atomic E-state index is -0.705. The highest BCUT2D eigenvalue weighted by Crippen LogP contribution is 2.26. The van der Waals surface area contributed by atoms with Gasteiger partial charge in [0.1, 0.15) is 6.20 Å². The third kappa shape index (κ3) is 4.06. The van der Waals surface area contributed by atoms with Crippen molar-refractivity contribution in [2.75, 3.05) is 19.0 Å². The fraction of sp³-hybridized carbons (Fsp3) is 0.143. The summed E-state index contributed by atoms with van der Waals surface area (Å²) in [6.07, 6.45) is 0.927. The van der Waals surface area contributed by atoms with E-state index in [2.05, 4.69) is 10.3 Å². The molecule has 0 bridgehead atoms. The largest absolute Gasteiger partial charge is 0.504 e. The number of amides is 1. The van der Waals surface area contributed by atoms with Crippen LogP contribution in [0.3, 0.4) is 0 Å². The highest BCUT2D eigenvalue weighted by atomic mass is 16.6. The topological polar surface area (TPSA) is 124 Å². The van der Waals surface area contributed by atoms with E-state index < -0.39 is 16.6 Å². The zero-order valence-corrected chi connectivity index (χ0v) is 12.1. The van der Waals surface area contributed by atoms with Crippen LogP contribution in [-0.2, 0) is 4.79 Å². The van der Waals surface area contributed by atoms with Crippen molar-refractivity contribution in [1.82, 2.24) is 4.98 Å². The van der Waals surface area contributed by atoms with Crippen LogP contribution >= 0.6 is 0 Å². The van der Waals surface area contributed by atoms with Crippen LogP contribution in [0.15, 0.2) is 36.5 Å². The summed E-state index contributed by atoms with van der Waals surface area (Å²) in [7, 11) is 1.47. The number of methoxy groups -OCH3 is 1. The maximum Gasteiger partial charge on any atom is 0.291 e. The lowest BCUT2D eigenvalue weighted by molar-refractivity contribution is -0.385. The SMILES string of the molecule is COc1ccccc1OCC(=O)Nc1ncc([N+](=O)[O-])cc1O. The van der Waals surface area contributed by atoms with Crippen LogP contribution in [0.4, 0.5) is 11.5 Å². The van der Waals surface area contributed by atoms with Crippen molar-refractivity contribution in [3.8, 4) is 17.2 Å². The molecule has 1 aromatic carbocycles. The number of benzene rings is 1. The Hall–Kier alpha value is -3.36. The first-order chi connectivity index (χ1) is 11.0. The number of para-hydroxylation sites is 2. The van der Waals surface area contributed by atoms with Crippen LogP contribution in [0.5, 0.6) is 17.2 Å². The number of nitrogens with one attached hydrogen (secondary N) is 1. The molecule has 1 amide bonds. The number of hydrogen-bond donors (Lipinski definition) is 2. The molecular weight excluding hydrogens is 306 g/mol. The first-order valence-corrected chi connectivity index (χ1v) is 6.40. The van der Waals surface area contributed by atoms with E-state index >= 15 is 0 Å². The van der Waals surface area contributed by atoms with Gasteiger partial charge in [-0.2, -0.15) is 0 Å². The maximum absolute atomic E-state index is 11.8. The van der Waals surface area contributed by atoms with E-state index in [0.29, 0.717) is 11.5 Å². The number of carbonyl (C=O) groups excluding carboxylic acids is 1. The average molecular weight is 319 g/mol. The van der Waals surface area contributed by atoms with Crippen LogP contribution in [-0.4, -0.2) is 34.6 Å². The molecule has 120 valence electrons. The third-order valence-corrected chi connectivity index (χ3v) is 2.75. The summed E-state index contributed by atoms with van der Waals surface area (Å²) in [6.45, 7) is -0.349. The smallest absolute Gasteiger partial charge is 0.291 e. The summed E-state index contributed by atoms with van der Waals surface area (Å²) in [5.74, 6) is -0.440. The summed E-state index contributed by atoms with van der Waals surface area (Å²) >= 11 is 0. The number of nitrogens with zero attached hydrogens (tertiary/aromatic N) is 2. The zero-order chi connectivity index (χ0) is 16.8. The molecule has 9 nitrogen and oxygen atoms in total. The van der Waals surface area contributed by atoms with Gasteiger partial charge in [-0.3, -0.25) is 14.9 Å². The molecule has 2 rings (SSSR count). The summed E-state index contributed by atoms with van der Waals surface area (Å²) in [5.41, 5.74) is -0.384. The Morgan fingerprint density at radius 3 is 2.70 bits per heavy atom. The molecule has 0 saturated heterocycles. The number of aromatic hydroxyl groups is 1. The molecule has 0 saturated carbocycles. The molecule has 0 aliphatic carbocycles. The van der Waals surface area contributed by atoms with Gasteiger partial charge in [-0.1, -0.05) is 12.1 Å². The van der Waals surface area contributed by atoms with Crippen molar-refractivity contribution < 1.29 is 24.3 Å². The quantitative estimate of drug-likeness (QED) is 0.613. The molecule has 2 aromatic rings. The van der Waals surface area contributed by atoms with Crippen LogP contribution in [0.2, 0.25) is 0 Å². The minimum Gasteiger partial charge on any atom is -0.504 e. The summed E-state index contributed by atoms with van der Waals surface area (Å²) < 4.78 is 10.4. The van der Waals surface area contributed by atoms with Crippen molar-refractivity contribution in [2.45, 2.75) is 0 Å². The fourth-order valence-corrected chi connectivity index (χ4v) is 1.69. The molecule has 1 aromatic heterocycles. The second-order valence-electron chi connectivity index (χ2n) is 4.31. The van der Waals surface area contributed by atoms with Crippen molar-refractivity contribution in [3.63, 3.8) is 0 Å². The van der Waals surface area contributed by atoms with Gasteiger partial charge in [0.05, 0.1) is 18.1 Å². The summed E-state index contributed by atoms with van der Waals surface area (Å²) in [6, 6.07) is 7.68. The van der Waals surface area contributed by atoms with Crippen molar-refractivity contribution in [2.24, 2.45) is 0 Å². The van der Waals surface area contributed by atoms with Crippen LogP contribution in [0.25, 0.3) is 0 Å². The highest BCUT2D eigenvalue weighted by Gasteiger charge is 2.14. The van der Waals surface area contributed by atoms with E-state index in [-0.39, 0.29) is 18.1 Å². The molecule has 0 spiro atoms. The molecule has 23 heavy (non-hydrogen) atoms. The van der Waals surface area contributed by atoms with Gasteiger partial charge < -0.3 is 19.9 Å². The molecule has 0 aliphatic heterocycles. The minimum absolute atomic E-state index is 0.191. The highest BCUT2D eigenvalue weighted by molar-refractivity contribution is 5.92. The molecule has 0 atom stereocenters. The number of rotatable bonds is 6. The number of ether oxygens (including phenoxy) is 2. The number of pyridine rings is 1. The Morgan fingerprint density at radius 1 is 1.39 bits per heavy atom. The zero-order valence-electron chi connectivity index (χ0n) is 12.1. The van der Waals surface area contributed by atoms with Gasteiger partial charge in [0.25, 0.3) is 11.6 Å². The van der Waals surface area contributed by atoms with Gasteiger partial charge in [0.15, 0.2) is 29.7 Å². The Balaban J connectivity index is 1.98. The number of aromatic nitrogens is 1. The normalized spacial score (nSPS) is 9.96. The van der Waals surface area contributed by atoms with Gasteiger partial charge in [0, 0.05) is 0 Å². The number of nitro groups is 1. The van der Waals surface area contributed by atoms with Crippen LogP contribution < -0.4 is 14.8 Å². The van der Waals surface area contributed by atoms with E-state index in [0.717, 1.165) is 12.3 Å². The van der Waals surface area contributed by atoms with Crippen molar-refractivity contribution in [3.05, 3.63) is 46.6 Å². The van der Waals surface area contributed by atoms with E-state index in [1.54, 1.807) is 24.3 Å². The molecule has 2 N–H and O–H groups in total. The third-order valence-electron chi connectivity index (χ3n) is 2.75. The molecule has 0 unspecified atom stereocenters. The average Bonchev–Trinajstić information content (AvgIpc) is 2.54. The Bertz CT molecular complexity index is 734. The lowest BCUT2D eigenvalue weighted by Gasteiger charge is -2.10. The monoisotopic (exact) mass is 319 g/mol. The van der Waals surface area contributed by atoms with E-state index in [9.17, 15) is 20.0 Å². The predicted octanol–water partition coefficient (Wildman–Crippen LogP) is 1.72. The van der Waals surface area contributed by atoms with E-state index in [1.165, 1.54) is 7.11 Å². The van der Waals surface area contributed by atoms with Crippen molar-refractivity contribution >= 4 is 17.4 Å².